The minimum absolute atomic E-state index is 0.00399. The summed E-state index contributed by atoms with van der Waals surface area (Å²) in [6, 6.07) is 3.61. The van der Waals surface area contributed by atoms with Gasteiger partial charge in [0.1, 0.15) is 11.6 Å². The summed E-state index contributed by atoms with van der Waals surface area (Å²) in [5, 5.41) is 9.66. The second-order valence-corrected chi connectivity index (χ2v) is 7.44. The van der Waals surface area contributed by atoms with Gasteiger partial charge in [0.2, 0.25) is 5.91 Å². The normalized spacial score (nSPS) is 20.4. The van der Waals surface area contributed by atoms with E-state index in [2.05, 4.69) is 9.80 Å². The van der Waals surface area contributed by atoms with Crippen molar-refractivity contribution in [2.45, 2.75) is 6.42 Å². The van der Waals surface area contributed by atoms with Gasteiger partial charge in [0.15, 0.2) is 0 Å². The molecule has 0 spiro atoms. The Labute approximate surface area is 154 Å². The lowest BCUT2D eigenvalue weighted by atomic mass is 9.96. The predicted octanol–water partition coefficient (Wildman–Crippen LogP) is 1.07. The minimum Gasteiger partial charge on any atom is -0.396 e. The maximum absolute atomic E-state index is 13.8. The SMILES string of the molecule is CN(C)CCN(C)C[C@@H]1CN(C(=O)Cc2c(F)cccc2F)C[C@@H]1CO. The van der Waals surface area contributed by atoms with Crippen LogP contribution in [-0.2, 0) is 11.2 Å². The first-order chi connectivity index (χ1) is 12.3. The Hall–Kier alpha value is -1.57. The zero-order valence-corrected chi connectivity index (χ0v) is 15.8. The first-order valence-corrected chi connectivity index (χ1v) is 8.96. The van der Waals surface area contributed by atoms with Crippen molar-refractivity contribution in [1.29, 1.82) is 0 Å². The van der Waals surface area contributed by atoms with Crippen molar-refractivity contribution >= 4 is 5.91 Å². The highest BCUT2D eigenvalue weighted by molar-refractivity contribution is 5.79. The third-order valence-corrected chi connectivity index (χ3v) is 5.03. The molecule has 1 aliphatic heterocycles. The number of carbonyl (C=O) groups excluding carboxylic acids is 1. The molecule has 146 valence electrons. The number of aliphatic hydroxyl groups excluding tert-OH is 1. The highest BCUT2D eigenvalue weighted by Gasteiger charge is 2.35. The van der Waals surface area contributed by atoms with Crippen LogP contribution in [0.1, 0.15) is 5.56 Å². The summed E-state index contributed by atoms with van der Waals surface area (Å²) in [4.78, 5) is 18.4. The number of aliphatic hydroxyl groups is 1. The summed E-state index contributed by atoms with van der Waals surface area (Å²) in [5.41, 5.74) is -0.190. The van der Waals surface area contributed by atoms with Crippen LogP contribution >= 0.6 is 0 Å². The molecule has 0 aliphatic carbocycles. The van der Waals surface area contributed by atoms with E-state index in [4.69, 9.17) is 0 Å². The molecule has 1 aromatic carbocycles. The lowest BCUT2D eigenvalue weighted by Gasteiger charge is -2.25. The highest BCUT2D eigenvalue weighted by Crippen LogP contribution is 2.25. The van der Waals surface area contributed by atoms with Crippen LogP contribution in [0.5, 0.6) is 0 Å². The van der Waals surface area contributed by atoms with Crippen LogP contribution in [0.3, 0.4) is 0 Å². The molecule has 0 saturated carbocycles. The predicted molar refractivity (Wildman–Crippen MR) is 96.8 cm³/mol. The molecular formula is C19H29F2N3O2. The van der Waals surface area contributed by atoms with Crippen LogP contribution in [-0.4, -0.2) is 86.2 Å². The highest BCUT2D eigenvalue weighted by atomic mass is 19.1. The van der Waals surface area contributed by atoms with Crippen molar-refractivity contribution in [3.05, 3.63) is 35.4 Å². The van der Waals surface area contributed by atoms with Gasteiger partial charge in [0.25, 0.3) is 0 Å². The lowest BCUT2D eigenvalue weighted by molar-refractivity contribution is -0.129. The molecule has 26 heavy (non-hydrogen) atoms. The largest absolute Gasteiger partial charge is 0.396 e. The van der Waals surface area contributed by atoms with Crippen LogP contribution in [0.2, 0.25) is 0 Å². The van der Waals surface area contributed by atoms with E-state index in [0.717, 1.165) is 31.8 Å². The number of likely N-dealkylation sites (N-methyl/N-ethyl adjacent to an activating group) is 2. The van der Waals surface area contributed by atoms with Crippen LogP contribution < -0.4 is 0 Å². The number of nitrogens with zero attached hydrogens (tertiary/aromatic N) is 3. The molecule has 0 aromatic heterocycles. The van der Waals surface area contributed by atoms with Gasteiger partial charge in [0.05, 0.1) is 6.42 Å². The smallest absolute Gasteiger partial charge is 0.227 e. The Balaban J connectivity index is 1.95. The van der Waals surface area contributed by atoms with Crippen molar-refractivity contribution in [3.8, 4) is 0 Å². The van der Waals surface area contributed by atoms with E-state index in [9.17, 15) is 18.7 Å². The fraction of sp³-hybridized carbons (Fsp3) is 0.632. The average Bonchev–Trinajstić information content (AvgIpc) is 2.99. The van der Waals surface area contributed by atoms with Crippen molar-refractivity contribution in [3.63, 3.8) is 0 Å². The summed E-state index contributed by atoms with van der Waals surface area (Å²) in [6.07, 6.45) is -0.292. The van der Waals surface area contributed by atoms with E-state index in [1.807, 2.05) is 21.1 Å². The molecule has 0 radical (unpaired) electrons. The molecule has 1 saturated heterocycles. The lowest BCUT2D eigenvalue weighted by Crippen LogP contribution is -2.36. The van der Waals surface area contributed by atoms with Crippen molar-refractivity contribution in [2.24, 2.45) is 11.8 Å². The van der Waals surface area contributed by atoms with E-state index in [1.165, 1.54) is 6.07 Å². The van der Waals surface area contributed by atoms with Gasteiger partial charge in [0, 0.05) is 50.8 Å². The second-order valence-electron chi connectivity index (χ2n) is 7.44. The van der Waals surface area contributed by atoms with Gasteiger partial charge in [-0.3, -0.25) is 4.79 Å². The number of carbonyl (C=O) groups is 1. The van der Waals surface area contributed by atoms with Crippen LogP contribution in [0.25, 0.3) is 0 Å². The number of hydrogen-bond donors (Lipinski definition) is 1. The third kappa shape index (κ3) is 5.46. The first-order valence-electron chi connectivity index (χ1n) is 8.96. The average molecular weight is 369 g/mol. The number of halogens is 2. The Morgan fingerprint density at radius 3 is 2.35 bits per heavy atom. The Kier molecular flexibility index (Phi) is 7.49. The molecule has 7 heteroatoms. The maximum atomic E-state index is 13.8. The molecule has 1 heterocycles. The standard InChI is InChI=1S/C19H29F2N3O2/c1-22(2)7-8-23(3)10-14-11-24(12-15(14)13-25)19(26)9-16-17(20)5-4-6-18(16)21/h4-6,14-15,25H,7-13H2,1-3H3/t14-,15-/m1/s1. The summed E-state index contributed by atoms with van der Waals surface area (Å²) < 4.78 is 27.6. The second kappa shape index (κ2) is 9.39. The minimum atomic E-state index is -0.698. The quantitative estimate of drug-likeness (QED) is 0.745. The molecule has 5 nitrogen and oxygen atoms in total. The third-order valence-electron chi connectivity index (χ3n) is 5.03. The maximum Gasteiger partial charge on any atom is 0.227 e. The van der Waals surface area contributed by atoms with Gasteiger partial charge in [-0.15, -0.1) is 0 Å². The van der Waals surface area contributed by atoms with E-state index in [1.54, 1.807) is 4.90 Å². The summed E-state index contributed by atoms with van der Waals surface area (Å²) >= 11 is 0. The van der Waals surface area contributed by atoms with Gasteiger partial charge in [-0.2, -0.15) is 0 Å². The molecule has 1 amide bonds. The molecule has 2 rings (SSSR count). The Morgan fingerprint density at radius 1 is 1.15 bits per heavy atom. The molecule has 1 aromatic rings. The van der Waals surface area contributed by atoms with Crippen molar-refractivity contribution < 1.29 is 18.7 Å². The summed E-state index contributed by atoms with van der Waals surface area (Å²) in [7, 11) is 6.06. The number of rotatable bonds is 8. The van der Waals surface area contributed by atoms with Crippen LogP contribution in [0, 0.1) is 23.5 Å². The Bertz CT molecular complexity index is 592. The van der Waals surface area contributed by atoms with E-state index in [-0.39, 0.29) is 36.3 Å². The molecule has 1 N–H and O–H groups in total. The molecule has 0 bridgehead atoms. The molecule has 1 aliphatic rings. The fourth-order valence-corrected chi connectivity index (χ4v) is 3.38. The number of hydrogen-bond acceptors (Lipinski definition) is 4. The monoisotopic (exact) mass is 369 g/mol. The Morgan fingerprint density at radius 2 is 1.77 bits per heavy atom. The van der Waals surface area contributed by atoms with Gasteiger partial charge in [-0.05, 0) is 39.2 Å². The number of likely N-dealkylation sites (tertiary alicyclic amines) is 1. The number of amides is 1. The van der Waals surface area contributed by atoms with Gasteiger partial charge in [-0.25, -0.2) is 8.78 Å². The molecule has 0 unspecified atom stereocenters. The molecular weight excluding hydrogens is 340 g/mol. The van der Waals surface area contributed by atoms with Crippen LogP contribution in [0.4, 0.5) is 8.78 Å². The zero-order chi connectivity index (χ0) is 19.3. The topological polar surface area (TPSA) is 47.0 Å². The molecule has 1 fully saturated rings. The van der Waals surface area contributed by atoms with Crippen LogP contribution in [0.15, 0.2) is 18.2 Å². The van der Waals surface area contributed by atoms with E-state index < -0.39 is 11.6 Å². The fourth-order valence-electron chi connectivity index (χ4n) is 3.38. The molecule has 2 atom stereocenters. The summed E-state index contributed by atoms with van der Waals surface area (Å²) in [5.74, 6) is -1.55. The van der Waals surface area contributed by atoms with Gasteiger partial charge < -0.3 is 19.8 Å². The summed E-state index contributed by atoms with van der Waals surface area (Å²) in [6.45, 7) is 3.54. The zero-order valence-electron chi connectivity index (χ0n) is 15.8. The van der Waals surface area contributed by atoms with Gasteiger partial charge >= 0.3 is 0 Å². The number of benzene rings is 1. The van der Waals surface area contributed by atoms with Crippen molar-refractivity contribution in [2.75, 3.05) is 60.5 Å². The van der Waals surface area contributed by atoms with E-state index >= 15 is 0 Å². The van der Waals surface area contributed by atoms with E-state index in [0.29, 0.717) is 13.1 Å². The van der Waals surface area contributed by atoms with Crippen molar-refractivity contribution in [1.82, 2.24) is 14.7 Å². The first kappa shape index (κ1) is 20.7. The van der Waals surface area contributed by atoms with Gasteiger partial charge in [-0.1, -0.05) is 6.07 Å².